The minimum atomic E-state index is -0.760. The Hall–Kier alpha value is -2.63. The van der Waals surface area contributed by atoms with Crippen LogP contribution in [0.3, 0.4) is 0 Å². The fraction of sp³-hybridized carbons (Fsp3) is 0.267. The molecular formula is C30H33OP. The highest BCUT2D eigenvalue weighted by atomic mass is 31.1. The molecule has 0 aliphatic rings. The Morgan fingerprint density at radius 3 is 1.41 bits per heavy atom. The molecule has 0 radical (unpaired) electrons. The zero-order chi connectivity index (χ0) is 23.0. The van der Waals surface area contributed by atoms with Crippen molar-refractivity contribution in [2.24, 2.45) is 0 Å². The van der Waals surface area contributed by atoms with Crippen molar-refractivity contribution in [3.8, 4) is 22.3 Å². The van der Waals surface area contributed by atoms with Gasteiger partial charge in [-0.1, -0.05) is 75.4 Å². The molecule has 1 nitrogen and oxygen atoms in total. The molecule has 3 aromatic carbocycles. The van der Waals surface area contributed by atoms with E-state index >= 15 is 0 Å². The van der Waals surface area contributed by atoms with Crippen molar-refractivity contribution in [3.05, 3.63) is 95.2 Å². The van der Waals surface area contributed by atoms with Crippen molar-refractivity contribution in [2.75, 3.05) is 0 Å². The molecule has 4 rings (SSSR count). The molecule has 32 heavy (non-hydrogen) atoms. The van der Waals surface area contributed by atoms with Gasteiger partial charge >= 0.3 is 0 Å². The van der Waals surface area contributed by atoms with E-state index in [2.05, 4.69) is 109 Å². The van der Waals surface area contributed by atoms with E-state index in [1.165, 1.54) is 49.8 Å². The van der Waals surface area contributed by atoms with E-state index in [-0.39, 0.29) is 5.16 Å². The lowest BCUT2D eigenvalue weighted by molar-refractivity contribution is 0.599. The van der Waals surface area contributed by atoms with E-state index in [1.807, 2.05) is 12.3 Å². The summed E-state index contributed by atoms with van der Waals surface area (Å²) in [7, 11) is -0.760. The SMILES string of the molecule is Cc1cccc(C)c1-c1cccc(-c2c(C)cccc2C)c1P(c1ccco1)C(C)(C)C. The molecule has 0 saturated heterocycles. The molecule has 2 heteroatoms. The van der Waals surface area contributed by atoms with Gasteiger partial charge in [-0.2, -0.15) is 0 Å². The highest BCUT2D eigenvalue weighted by molar-refractivity contribution is 7.74. The molecule has 164 valence electrons. The molecule has 0 aliphatic carbocycles. The summed E-state index contributed by atoms with van der Waals surface area (Å²) in [5.74, 6) is 0. The summed E-state index contributed by atoms with van der Waals surface area (Å²) in [6.07, 6.45) is 1.82. The molecule has 0 N–H and O–H groups in total. The third-order valence-electron chi connectivity index (χ3n) is 6.16. The van der Waals surface area contributed by atoms with Crippen molar-refractivity contribution in [3.63, 3.8) is 0 Å². The molecule has 0 aliphatic heterocycles. The summed E-state index contributed by atoms with van der Waals surface area (Å²) in [5, 5.41) is 1.45. The highest BCUT2D eigenvalue weighted by Crippen LogP contribution is 2.52. The lowest BCUT2D eigenvalue weighted by Crippen LogP contribution is -2.28. The van der Waals surface area contributed by atoms with Gasteiger partial charge in [-0.15, -0.1) is 0 Å². The first kappa shape index (κ1) is 22.6. The first-order valence-electron chi connectivity index (χ1n) is 11.3. The molecule has 1 unspecified atom stereocenters. The van der Waals surface area contributed by atoms with Crippen molar-refractivity contribution in [1.82, 2.24) is 0 Å². The van der Waals surface area contributed by atoms with E-state index in [0.29, 0.717) is 0 Å². The van der Waals surface area contributed by atoms with Crippen LogP contribution in [0, 0.1) is 27.7 Å². The maximum atomic E-state index is 6.11. The van der Waals surface area contributed by atoms with E-state index in [9.17, 15) is 0 Å². The van der Waals surface area contributed by atoms with Crippen LogP contribution >= 0.6 is 7.92 Å². The van der Waals surface area contributed by atoms with Crippen LogP contribution in [0.15, 0.2) is 77.4 Å². The summed E-state index contributed by atoms with van der Waals surface area (Å²) in [5.41, 5.74) is 11.7. The number of furan rings is 1. The molecule has 0 saturated carbocycles. The van der Waals surface area contributed by atoms with Crippen LogP contribution in [0.4, 0.5) is 0 Å². The normalized spacial score (nSPS) is 12.7. The van der Waals surface area contributed by atoms with Crippen molar-refractivity contribution in [1.29, 1.82) is 0 Å². The fourth-order valence-electron chi connectivity index (χ4n) is 4.84. The molecule has 4 aromatic rings. The number of rotatable bonds is 4. The average Bonchev–Trinajstić information content (AvgIpc) is 3.22. The van der Waals surface area contributed by atoms with Gasteiger partial charge in [-0.3, -0.25) is 0 Å². The molecule has 0 spiro atoms. The molecule has 1 atom stereocenters. The maximum absolute atomic E-state index is 6.11. The monoisotopic (exact) mass is 440 g/mol. The fourth-order valence-corrected chi connectivity index (χ4v) is 7.65. The molecular weight excluding hydrogens is 407 g/mol. The van der Waals surface area contributed by atoms with Crippen LogP contribution in [0.5, 0.6) is 0 Å². The van der Waals surface area contributed by atoms with Gasteiger partial charge in [-0.05, 0) is 94.8 Å². The van der Waals surface area contributed by atoms with Gasteiger partial charge in [0.15, 0.2) is 0 Å². The van der Waals surface area contributed by atoms with Gasteiger partial charge in [0.1, 0.15) is 5.50 Å². The molecule has 0 bridgehead atoms. The van der Waals surface area contributed by atoms with Crippen molar-refractivity contribution < 1.29 is 4.42 Å². The molecule has 1 heterocycles. The van der Waals surface area contributed by atoms with E-state index in [4.69, 9.17) is 4.42 Å². The lowest BCUT2D eigenvalue weighted by Gasteiger charge is -2.34. The molecule has 1 aromatic heterocycles. The number of benzene rings is 3. The van der Waals surface area contributed by atoms with Gasteiger partial charge in [0.05, 0.1) is 6.26 Å². The summed E-state index contributed by atoms with van der Waals surface area (Å²) in [6.45, 7) is 15.9. The Bertz CT molecular complexity index is 1130. The first-order chi connectivity index (χ1) is 15.2. The number of hydrogen-bond acceptors (Lipinski definition) is 1. The van der Waals surface area contributed by atoms with Crippen LogP contribution in [-0.4, -0.2) is 5.16 Å². The second-order valence-corrected chi connectivity index (χ2v) is 12.6. The van der Waals surface area contributed by atoms with Crippen LogP contribution < -0.4 is 10.8 Å². The standard InChI is InChI=1S/C30H33OP/c1-20-12-8-13-21(2)27(20)24-16-10-17-25(28-22(3)14-9-15-23(28)4)29(24)32(30(5,6)7)26-18-11-19-31-26/h8-19H,1-7H3. The van der Waals surface area contributed by atoms with Gasteiger partial charge in [0.25, 0.3) is 0 Å². The topological polar surface area (TPSA) is 13.1 Å². The minimum absolute atomic E-state index is 0.0330. The van der Waals surface area contributed by atoms with Gasteiger partial charge in [0.2, 0.25) is 0 Å². The van der Waals surface area contributed by atoms with Gasteiger partial charge in [0, 0.05) is 7.92 Å². The predicted molar refractivity (Wildman–Crippen MR) is 141 cm³/mol. The Morgan fingerprint density at radius 2 is 1.03 bits per heavy atom. The predicted octanol–water partition coefficient (Wildman–Crippen LogP) is 8.08. The summed E-state index contributed by atoms with van der Waals surface area (Å²) >= 11 is 0. The van der Waals surface area contributed by atoms with Crippen LogP contribution in [0.2, 0.25) is 0 Å². The van der Waals surface area contributed by atoms with Crippen molar-refractivity contribution >= 4 is 18.7 Å². The van der Waals surface area contributed by atoms with E-state index in [1.54, 1.807) is 0 Å². The van der Waals surface area contributed by atoms with Crippen LogP contribution in [0.1, 0.15) is 43.0 Å². The summed E-state index contributed by atoms with van der Waals surface area (Å²) < 4.78 is 6.11. The van der Waals surface area contributed by atoms with E-state index < -0.39 is 7.92 Å². The maximum Gasteiger partial charge on any atom is 0.130 e. The van der Waals surface area contributed by atoms with E-state index in [0.717, 1.165) is 5.50 Å². The van der Waals surface area contributed by atoms with Crippen LogP contribution in [-0.2, 0) is 0 Å². The second-order valence-electron chi connectivity index (χ2n) is 9.69. The minimum Gasteiger partial charge on any atom is -0.464 e. The Labute approximate surface area is 194 Å². The van der Waals surface area contributed by atoms with Crippen molar-refractivity contribution in [2.45, 2.75) is 53.6 Å². The van der Waals surface area contributed by atoms with Crippen LogP contribution in [0.25, 0.3) is 22.3 Å². The average molecular weight is 441 g/mol. The third kappa shape index (κ3) is 4.07. The van der Waals surface area contributed by atoms with Gasteiger partial charge in [-0.25, -0.2) is 0 Å². The zero-order valence-electron chi connectivity index (χ0n) is 20.3. The summed E-state index contributed by atoms with van der Waals surface area (Å²) in [4.78, 5) is 0. The van der Waals surface area contributed by atoms with Gasteiger partial charge < -0.3 is 4.42 Å². The Morgan fingerprint density at radius 1 is 0.594 bits per heavy atom. The quantitative estimate of drug-likeness (QED) is 0.292. The Kier molecular flexibility index (Phi) is 6.15. The molecule has 0 fully saturated rings. The smallest absolute Gasteiger partial charge is 0.130 e. The second kappa shape index (κ2) is 8.72. The summed E-state index contributed by atoms with van der Waals surface area (Å²) in [6, 6.07) is 24.2. The highest BCUT2D eigenvalue weighted by Gasteiger charge is 2.34. The lowest BCUT2D eigenvalue weighted by atomic mass is 9.90. The third-order valence-corrected chi connectivity index (χ3v) is 9.12. The first-order valence-corrected chi connectivity index (χ1v) is 12.6. The molecule has 0 amide bonds. The number of hydrogen-bond donors (Lipinski definition) is 0. The number of aryl methyl sites for hydroxylation is 4. The Balaban J connectivity index is 2.17. The largest absolute Gasteiger partial charge is 0.464 e. The zero-order valence-corrected chi connectivity index (χ0v) is 21.2.